The molecule has 0 unspecified atom stereocenters. The number of esters is 1. The van der Waals surface area contributed by atoms with Crippen molar-refractivity contribution in [3.63, 3.8) is 0 Å². The normalized spacial score (nSPS) is 10.3. The molecule has 0 aliphatic heterocycles. The minimum Gasteiger partial charge on any atom is -0.465 e. The standard InChI is InChI=1S/C10H17N3O2/c1-3-13-8-9(6-12-13)5-11-7-10(14)15-4-2/h6,8,11H,3-5,7H2,1-2H3. The number of aromatic nitrogens is 2. The summed E-state index contributed by atoms with van der Waals surface area (Å²) in [6.07, 6.45) is 3.75. The largest absolute Gasteiger partial charge is 0.465 e. The van der Waals surface area contributed by atoms with Crippen LogP contribution in [0.3, 0.4) is 0 Å². The van der Waals surface area contributed by atoms with Crippen molar-refractivity contribution in [1.82, 2.24) is 15.1 Å². The Morgan fingerprint density at radius 1 is 1.60 bits per heavy atom. The fraction of sp³-hybridized carbons (Fsp3) is 0.600. The number of nitrogens with one attached hydrogen (secondary N) is 1. The zero-order valence-electron chi connectivity index (χ0n) is 9.19. The summed E-state index contributed by atoms with van der Waals surface area (Å²) in [5.41, 5.74) is 1.07. The van der Waals surface area contributed by atoms with Crippen LogP contribution in [-0.4, -0.2) is 28.9 Å². The Morgan fingerprint density at radius 2 is 2.40 bits per heavy atom. The number of ether oxygens (including phenoxy) is 1. The highest BCUT2D eigenvalue weighted by atomic mass is 16.5. The maximum Gasteiger partial charge on any atom is 0.319 e. The summed E-state index contributed by atoms with van der Waals surface area (Å²) in [5, 5.41) is 7.13. The highest BCUT2D eigenvalue weighted by Gasteiger charge is 2.01. The second-order valence-corrected chi connectivity index (χ2v) is 3.11. The third-order valence-electron chi connectivity index (χ3n) is 1.91. The second kappa shape index (κ2) is 6.19. The third-order valence-corrected chi connectivity index (χ3v) is 1.91. The van der Waals surface area contributed by atoms with Crippen LogP contribution in [-0.2, 0) is 22.6 Å². The van der Waals surface area contributed by atoms with Crippen LogP contribution in [0.15, 0.2) is 12.4 Å². The predicted octanol–water partition coefficient (Wildman–Crippen LogP) is 0.556. The van der Waals surface area contributed by atoms with Crippen LogP contribution in [0.5, 0.6) is 0 Å². The zero-order chi connectivity index (χ0) is 11.1. The number of carbonyl (C=O) groups is 1. The summed E-state index contributed by atoms with van der Waals surface area (Å²) >= 11 is 0. The number of carbonyl (C=O) groups excluding carboxylic acids is 1. The Labute approximate surface area is 89.4 Å². The maximum atomic E-state index is 11.0. The molecule has 0 amide bonds. The van der Waals surface area contributed by atoms with Gasteiger partial charge in [0.1, 0.15) is 0 Å². The van der Waals surface area contributed by atoms with Gasteiger partial charge >= 0.3 is 5.97 Å². The zero-order valence-corrected chi connectivity index (χ0v) is 9.19. The number of nitrogens with zero attached hydrogens (tertiary/aromatic N) is 2. The molecule has 1 aromatic heterocycles. The van der Waals surface area contributed by atoms with Crippen molar-refractivity contribution >= 4 is 5.97 Å². The van der Waals surface area contributed by atoms with E-state index in [0.29, 0.717) is 13.2 Å². The molecule has 0 atom stereocenters. The number of hydrogen-bond acceptors (Lipinski definition) is 4. The van der Waals surface area contributed by atoms with Crippen molar-refractivity contribution in [2.45, 2.75) is 26.9 Å². The topological polar surface area (TPSA) is 56.1 Å². The average Bonchev–Trinajstić information content (AvgIpc) is 2.66. The van der Waals surface area contributed by atoms with Crippen LogP contribution >= 0.6 is 0 Å². The number of hydrogen-bond donors (Lipinski definition) is 1. The van der Waals surface area contributed by atoms with E-state index >= 15 is 0 Å². The smallest absolute Gasteiger partial charge is 0.319 e. The summed E-state index contributed by atoms with van der Waals surface area (Å²) < 4.78 is 6.63. The van der Waals surface area contributed by atoms with Crippen molar-refractivity contribution < 1.29 is 9.53 Å². The second-order valence-electron chi connectivity index (χ2n) is 3.11. The Bertz CT molecular complexity index is 309. The molecule has 15 heavy (non-hydrogen) atoms. The highest BCUT2D eigenvalue weighted by Crippen LogP contribution is 1.96. The average molecular weight is 211 g/mol. The van der Waals surface area contributed by atoms with Gasteiger partial charge in [-0.2, -0.15) is 5.10 Å². The van der Waals surface area contributed by atoms with E-state index in [1.165, 1.54) is 0 Å². The van der Waals surface area contributed by atoms with E-state index in [1.54, 1.807) is 13.1 Å². The molecule has 0 fully saturated rings. The minimum atomic E-state index is -0.222. The summed E-state index contributed by atoms with van der Waals surface area (Å²) in [6.45, 7) is 5.99. The van der Waals surface area contributed by atoms with Gasteiger partial charge in [-0.25, -0.2) is 0 Å². The highest BCUT2D eigenvalue weighted by molar-refractivity contribution is 5.71. The monoisotopic (exact) mass is 211 g/mol. The Hall–Kier alpha value is -1.36. The maximum absolute atomic E-state index is 11.0. The van der Waals surface area contributed by atoms with Gasteiger partial charge in [0.2, 0.25) is 0 Å². The van der Waals surface area contributed by atoms with Gasteiger partial charge in [0.15, 0.2) is 0 Å². The molecule has 1 N–H and O–H groups in total. The molecule has 0 saturated heterocycles. The van der Waals surface area contributed by atoms with Crippen molar-refractivity contribution in [3.8, 4) is 0 Å². The van der Waals surface area contributed by atoms with Crippen molar-refractivity contribution in [2.75, 3.05) is 13.2 Å². The molecule has 5 heteroatoms. The van der Waals surface area contributed by atoms with Gasteiger partial charge in [0.05, 0.1) is 19.3 Å². The Morgan fingerprint density at radius 3 is 3.00 bits per heavy atom. The van der Waals surface area contributed by atoms with Crippen LogP contribution in [0.2, 0.25) is 0 Å². The van der Waals surface area contributed by atoms with Crippen molar-refractivity contribution in [1.29, 1.82) is 0 Å². The molecule has 5 nitrogen and oxygen atoms in total. The van der Waals surface area contributed by atoms with Crippen LogP contribution in [0.4, 0.5) is 0 Å². The van der Waals surface area contributed by atoms with Crippen LogP contribution < -0.4 is 5.32 Å². The van der Waals surface area contributed by atoms with E-state index < -0.39 is 0 Å². The summed E-state index contributed by atoms with van der Waals surface area (Å²) in [4.78, 5) is 11.0. The van der Waals surface area contributed by atoms with E-state index in [9.17, 15) is 4.79 Å². The molecular weight excluding hydrogens is 194 g/mol. The Kier molecular flexibility index (Phi) is 4.83. The first kappa shape index (κ1) is 11.7. The first-order valence-corrected chi connectivity index (χ1v) is 5.14. The molecule has 0 aliphatic rings. The summed E-state index contributed by atoms with van der Waals surface area (Å²) in [5.74, 6) is -0.222. The lowest BCUT2D eigenvalue weighted by molar-refractivity contribution is -0.142. The summed E-state index contributed by atoms with van der Waals surface area (Å²) in [7, 11) is 0. The predicted molar refractivity (Wildman–Crippen MR) is 56.2 cm³/mol. The van der Waals surface area contributed by atoms with Gasteiger partial charge in [-0.15, -0.1) is 0 Å². The fourth-order valence-electron chi connectivity index (χ4n) is 1.19. The SMILES string of the molecule is CCOC(=O)CNCc1cnn(CC)c1. The van der Waals surface area contributed by atoms with E-state index in [0.717, 1.165) is 12.1 Å². The third kappa shape index (κ3) is 4.12. The molecule has 1 heterocycles. The number of aryl methyl sites for hydroxylation is 1. The minimum absolute atomic E-state index is 0.222. The quantitative estimate of drug-likeness (QED) is 0.698. The van der Waals surface area contributed by atoms with Crippen molar-refractivity contribution in [2.24, 2.45) is 0 Å². The van der Waals surface area contributed by atoms with E-state index in [2.05, 4.69) is 10.4 Å². The van der Waals surface area contributed by atoms with E-state index in [1.807, 2.05) is 17.8 Å². The van der Waals surface area contributed by atoms with Crippen molar-refractivity contribution in [3.05, 3.63) is 18.0 Å². The summed E-state index contributed by atoms with van der Waals surface area (Å²) in [6, 6.07) is 0. The van der Waals surface area contributed by atoms with Gasteiger partial charge in [-0.3, -0.25) is 9.48 Å². The van der Waals surface area contributed by atoms with Gasteiger partial charge in [-0.1, -0.05) is 0 Å². The lowest BCUT2D eigenvalue weighted by Crippen LogP contribution is -2.24. The van der Waals surface area contributed by atoms with Gasteiger partial charge < -0.3 is 10.1 Å². The van der Waals surface area contributed by atoms with E-state index in [-0.39, 0.29) is 12.5 Å². The molecule has 1 aromatic rings. The molecule has 84 valence electrons. The molecule has 0 aliphatic carbocycles. The van der Waals surface area contributed by atoms with Crippen LogP contribution in [0, 0.1) is 0 Å². The molecule has 0 spiro atoms. The molecule has 0 radical (unpaired) electrons. The Balaban J connectivity index is 2.22. The first-order chi connectivity index (χ1) is 7.26. The van der Waals surface area contributed by atoms with Gasteiger partial charge in [0.25, 0.3) is 0 Å². The fourth-order valence-corrected chi connectivity index (χ4v) is 1.19. The van der Waals surface area contributed by atoms with E-state index in [4.69, 9.17) is 4.74 Å². The first-order valence-electron chi connectivity index (χ1n) is 5.14. The lowest BCUT2D eigenvalue weighted by Gasteiger charge is -2.02. The molecule has 0 aromatic carbocycles. The van der Waals surface area contributed by atoms with Gasteiger partial charge in [0, 0.05) is 24.8 Å². The van der Waals surface area contributed by atoms with Crippen LogP contribution in [0.25, 0.3) is 0 Å². The number of rotatable bonds is 6. The molecule has 1 rings (SSSR count). The molecule has 0 bridgehead atoms. The molecular formula is C10H17N3O2. The van der Waals surface area contributed by atoms with Crippen LogP contribution in [0.1, 0.15) is 19.4 Å². The molecule has 0 saturated carbocycles. The van der Waals surface area contributed by atoms with Gasteiger partial charge in [-0.05, 0) is 13.8 Å². The lowest BCUT2D eigenvalue weighted by atomic mass is 10.3.